The average molecular weight is 324 g/mol. The molecule has 3 N–H and O–H groups in total. The van der Waals surface area contributed by atoms with Crippen LogP contribution in [-0.2, 0) is 0 Å². The minimum Gasteiger partial charge on any atom is -0.465 e. The van der Waals surface area contributed by atoms with Gasteiger partial charge in [0, 0.05) is 5.54 Å². The van der Waals surface area contributed by atoms with Crippen molar-refractivity contribution >= 4 is 28.4 Å². The smallest absolute Gasteiger partial charge is 0.412 e. The molecule has 0 atom stereocenters. The SMILES string of the molecule is CC(C)(C)N(C(=O)O)c1cn(-c2ccc3ccccc3c2)nc1N. The third-order valence-electron chi connectivity index (χ3n) is 3.82. The predicted molar refractivity (Wildman–Crippen MR) is 95.7 cm³/mol. The minimum absolute atomic E-state index is 0.181. The number of carbonyl (C=O) groups is 1. The molecule has 6 heteroatoms. The van der Waals surface area contributed by atoms with Gasteiger partial charge in [-0.25, -0.2) is 9.48 Å². The Morgan fingerprint density at radius 3 is 2.46 bits per heavy atom. The van der Waals surface area contributed by atoms with E-state index in [0.717, 1.165) is 16.5 Å². The Labute approximate surface area is 140 Å². The number of benzene rings is 2. The number of carboxylic acid groups (broad SMARTS) is 1. The fraction of sp³-hybridized carbons (Fsp3) is 0.222. The lowest BCUT2D eigenvalue weighted by Crippen LogP contribution is -2.45. The lowest BCUT2D eigenvalue weighted by molar-refractivity contribution is 0.195. The van der Waals surface area contributed by atoms with Crippen molar-refractivity contribution in [2.24, 2.45) is 0 Å². The van der Waals surface area contributed by atoms with Gasteiger partial charge in [-0.3, -0.25) is 4.90 Å². The van der Waals surface area contributed by atoms with Crippen LogP contribution in [0.2, 0.25) is 0 Å². The van der Waals surface area contributed by atoms with Crippen LogP contribution in [0.4, 0.5) is 16.3 Å². The lowest BCUT2D eigenvalue weighted by Gasteiger charge is -2.32. The molecule has 1 heterocycles. The molecule has 0 aliphatic heterocycles. The van der Waals surface area contributed by atoms with E-state index in [1.165, 1.54) is 4.90 Å². The molecule has 0 fully saturated rings. The Balaban J connectivity index is 2.08. The normalized spacial score (nSPS) is 11.6. The van der Waals surface area contributed by atoms with Gasteiger partial charge in [-0.05, 0) is 43.7 Å². The van der Waals surface area contributed by atoms with Gasteiger partial charge >= 0.3 is 6.09 Å². The van der Waals surface area contributed by atoms with E-state index < -0.39 is 11.6 Å². The maximum absolute atomic E-state index is 11.7. The van der Waals surface area contributed by atoms with Crippen LogP contribution >= 0.6 is 0 Å². The maximum Gasteiger partial charge on any atom is 0.412 e. The van der Waals surface area contributed by atoms with Gasteiger partial charge in [0.2, 0.25) is 0 Å². The summed E-state index contributed by atoms with van der Waals surface area (Å²) >= 11 is 0. The van der Waals surface area contributed by atoms with Crippen molar-refractivity contribution in [2.45, 2.75) is 26.3 Å². The summed E-state index contributed by atoms with van der Waals surface area (Å²) in [6, 6.07) is 13.9. The summed E-state index contributed by atoms with van der Waals surface area (Å²) in [5.74, 6) is 0.181. The van der Waals surface area contributed by atoms with Crippen molar-refractivity contribution in [1.82, 2.24) is 9.78 Å². The van der Waals surface area contributed by atoms with Crippen LogP contribution in [0, 0.1) is 0 Å². The van der Waals surface area contributed by atoms with Crippen LogP contribution in [0.25, 0.3) is 16.5 Å². The average Bonchev–Trinajstić information content (AvgIpc) is 2.86. The zero-order valence-corrected chi connectivity index (χ0v) is 13.9. The first-order chi connectivity index (χ1) is 11.3. The maximum atomic E-state index is 11.7. The molecule has 2 aromatic carbocycles. The summed E-state index contributed by atoms with van der Waals surface area (Å²) in [7, 11) is 0. The van der Waals surface area contributed by atoms with Gasteiger partial charge in [0.15, 0.2) is 5.82 Å². The van der Waals surface area contributed by atoms with Crippen LogP contribution in [0.3, 0.4) is 0 Å². The van der Waals surface area contributed by atoms with Crippen LogP contribution in [0.15, 0.2) is 48.7 Å². The summed E-state index contributed by atoms with van der Waals surface area (Å²) in [6.45, 7) is 5.44. The topological polar surface area (TPSA) is 84.4 Å². The van der Waals surface area contributed by atoms with E-state index in [0.29, 0.717) is 5.69 Å². The molecular formula is C18H20N4O2. The molecule has 1 amide bonds. The molecule has 0 saturated heterocycles. The van der Waals surface area contributed by atoms with E-state index in [1.54, 1.807) is 10.9 Å². The van der Waals surface area contributed by atoms with Gasteiger partial charge in [-0.2, -0.15) is 0 Å². The molecule has 0 unspecified atom stereocenters. The van der Waals surface area contributed by atoms with Gasteiger partial charge < -0.3 is 10.8 Å². The van der Waals surface area contributed by atoms with Crippen molar-refractivity contribution in [1.29, 1.82) is 0 Å². The summed E-state index contributed by atoms with van der Waals surface area (Å²) < 4.78 is 1.61. The van der Waals surface area contributed by atoms with Gasteiger partial charge in [-0.15, -0.1) is 5.10 Å². The third-order valence-corrected chi connectivity index (χ3v) is 3.82. The van der Waals surface area contributed by atoms with Crippen molar-refractivity contribution < 1.29 is 9.90 Å². The first kappa shape index (κ1) is 15.9. The highest BCUT2D eigenvalue weighted by molar-refractivity contribution is 5.91. The Morgan fingerprint density at radius 2 is 1.83 bits per heavy atom. The third kappa shape index (κ3) is 2.78. The van der Waals surface area contributed by atoms with E-state index in [1.807, 2.05) is 63.2 Å². The van der Waals surface area contributed by atoms with E-state index in [4.69, 9.17) is 5.73 Å². The molecule has 1 aromatic heterocycles. The zero-order chi connectivity index (χ0) is 17.5. The molecule has 0 aliphatic rings. The first-order valence-electron chi connectivity index (χ1n) is 7.65. The Morgan fingerprint density at radius 1 is 1.17 bits per heavy atom. The number of nitrogens with two attached hydrogens (primary N) is 1. The van der Waals surface area contributed by atoms with Crippen LogP contribution in [0.5, 0.6) is 0 Å². The summed E-state index contributed by atoms with van der Waals surface area (Å²) in [6.07, 6.45) is 0.589. The second kappa shape index (κ2) is 5.56. The molecule has 6 nitrogen and oxygen atoms in total. The summed E-state index contributed by atoms with van der Waals surface area (Å²) in [5, 5.41) is 16.0. The second-order valence-corrected chi connectivity index (χ2v) is 6.66. The van der Waals surface area contributed by atoms with Crippen LogP contribution < -0.4 is 10.6 Å². The standard InChI is InChI=1S/C18H20N4O2/c1-18(2,3)22(17(23)24)15-11-21(20-16(15)19)14-9-8-12-6-4-5-7-13(12)10-14/h4-11H,1-3H3,(H2,19,20)(H,23,24). The number of hydrogen-bond acceptors (Lipinski definition) is 3. The largest absolute Gasteiger partial charge is 0.465 e. The number of anilines is 2. The number of hydrogen-bond donors (Lipinski definition) is 2. The van der Waals surface area contributed by atoms with Gasteiger partial charge in [0.05, 0.1) is 11.9 Å². The monoisotopic (exact) mass is 324 g/mol. The van der Waals surface area contributed by atoms with Crippen LogP contribution in [0.1, 0.15) is 20.8 Å². The molecule has 3 rings (SSSR count). The lowest BCUT2D eigenvalue weighted by atomic mass is 10.1. The van der Waals surface area contributed by atoms with E-state index in [2.05, 4.69) is 5.10 Å². The number of nitrogen functional groups attached to an aromatic ring is 1. The summed E-state index contributed by atoms with van der Waals surface area (Å²) in [4.78, 5) is 12.9. The van der Waals surface area contributed by atoms with E-state index in [9.17, 15) is 9.90 Å². The molecular weight excluding hydrogens is 304 g/mol. The first-order valence-corrected chi connectivity index (χ1v) is 7.65. The highest BCUT2D eigenvalue weighted by atomic mass is 16.4. The van der Waals surface area contributed by atoms with Crippen molar-refractivity contribution in [3.63, 3.8) is 0 Å². The van der Waals surface area contributed by atoms with Crippen LogP contribution in [-0.4, -0.2) is 26.5 Å². The molecule has 0 spiro atoms. The number of aromatic nitrogens is 2. The zero-order valence-electron chi connectivity index (χ0n) is 13.9. The molecule has 124 valence electrons. The van der Waals surface area contributed by atoms with Gasteiger partial charge in [0.1, 0.15) is 5.69 Å². The minimum atomic E-state index is -1.06. The van der Waals surface area contributed by atoms with E-state index >= 15 is 0 Å². The molecule has 3 aromatic rings. The molecule has 24 heavy (non-hydrogen) atoms. The predicted octanol–water partition coefficient (Wildman–Crippen LogP) is 3.89. The Bertz CT molecular complexity index is 909. The number of fused-ring (bicyclic) bond motifs is 1. The van der Waals surface area contributed by atoms with Crippen molar-refractivity contribution in [2.75, 3.05) is 10.6 Å². The number of nitrogens with zero attached hydrogens (tertiary/aromatic N) is 3. The highest BCUT2D eigenvalue weighted by Crippen LogP contribution is 2.30. The number of amides is 1. The second-order valence-electron chi connectivity index (χ2n) is 6.66. The van der Waals surface area contributed by atoms with E-state index in [-0.39, 0.29) is 5.82 Å². The molecule has 0 bridgehead atoms. The Kier molecular flexibility index (Phi) is 3.67. The molecule has 0 radical (unpaired) electrons. The van der Waals surface area contributed by atoms with Crippen molar-refractivity contribution in [3.05, 3.63) is 48.7 Å². The molecule has 0 saturated carbocycles. The quantitative estimate of drug-likeness (QED) is 0.749. The molecule has 0 aliphatic carbocycles. The highest BCUT2D eigenvalue weighted by Gasteiger charge is 2.31. The summed E-state index contributed by atoms with van der Waals surface area (Å²) in [5.41, 5.74) is 6.56. The fourth-order valence-corrected chi connectivity index (χ4v) is 2.75. The van der Waals surface area contributed by atoms with Gasteiger partial charge in [-0.1, -0.05) is 30.3 Å². The Hall–Kier alpha value is -3.02. The number of rotatable bonds is 2. The van der Waals surface area contributed by atoms with Gasteiger partial charge in [0.25, 0.3) is 0 Å². The fourth-order valence-electron chi connectivity index (χ4n) is 2.75. The van der Waals surface area contributed by atoms with Crippen molar-refractivity contribution in [3.8, 4) is 5.69 Å².